The first-order chi connectivity index (χ1) is 7.60. The Morgan fingerprint density at radius 2 is 1.88 bits per heavy atom. The van der Waals surface area contributed by atoms with Gasteiger partial charge in [0.05, 0.1) is 0 Å². The molecule has 1 saturated carbocycles. The molecule has 0 amide bonds. The first-order valence-corrected chi connectivity index (χ1v) is 5.55. The second-order valence-corrected chi connectivity index (χ2v) is 4.77. The van der Waals surface area contributed by atoms with E-state index in [-0.39, 0.29) is 11.6 Å². The summed E-state index contributed by atoms with van der Waals surface area (Å²) in [6.45, 7) is 2.32. The molecule has 4 heteroatoms. The van der Waals surface area contributed by atoms with Crippen molar-refractivity contribution in [2.45, 2.75) is 31.3 Å². The maximum Gasteiger partial charge on any atom is 0.231 e. The molecule has 1 unspecified atom stereocenters. The molecule has 1 aromatic carbocycles. The zero-order valence-electron chi connectivity index (χ0n) is 9.32. The number of benzene rings is 1. The van der Waals surface area contributed by atoms with Crippen molar-refractivity contribution in [3.8, 4) is 11.5 Å². The van der Waals surface area contributed by atoms with Gasteiger partial charge in [-0.3, -0.25) is 0 Å². The van der Waals surface area contributed by atoms with E-state index in [1.165, 1.54) is 0 Å². The molecule has 0 aromatic heterocycles. The third-order valence-electron chi connectivity index (χ3n) is 3.54. The molecule has 16 heavy (non-hydrogen) atoms. The molecule has 0 spiro atoms. The van der Waals surface area contributed by atoms with Crippen LogP contribution in [0.15, 0.2) is 12.1 Å². The maximum absolute atomic E-state index is 6.21. The van der Waals surface area contributed by atoms with Crippen LogP contribution in [0.2, 0.25) is 0 Å². The zero-order chi connectivity index (χ0) is 11.3. The van der Waals surface area contributed by atoms with Crippen molar-refractivity contribution in [3.05, 3.63) is 23.3 Å². The molecular weight excluding hydrogens is 204 g/mol. The minimum atomic E-state index is -0.210. The second-order valence-electron chi connectivity index (χ2n) is 4.77. The van der Waals surface area contributed by atoms with Crippen molar-refractivity contribution >= 4 is 0 Å². The molecule has 0 bridgehead atoms. The summed E-state index contributed by atoms with van der Waals surface area (Å²) < 4.78 is 10.7. The summed E-state index contributed by atoms with van der Waals surface area (Å²) >= 11 is 0. The van der Waals surface area contributed by atoms with Crippen LogP contribution in [-0.2, 0) is 0 Å². The monoisotopic (exact) mass is 220 g/mol. The minimum Gasteiger partial charge on any atom is -0.454 e. The largest absolute Gasteiger partial charge is 0.454 e. The first kappa shape index (κ1) is 9.93. The van der Waals surface area contributed by atoms with Gasteiger partial charge in [0.25, 0.3) is 0 Å². The highest BCUT2D eigenvalue weighted by Crippen LogP contribution is 2.45. The number of rotatable bonds is 2. The second kappa shape index (κ2) is 3.12. The van der Waals surface area contributed by atoms with Crippen LogP contribution in [0.25, 0.3) is 0 Å². The van der Waals surface area contributed by atoms with E-state index in [2.05, 4.69) is 0 Å². The predicted molar refractivity (Wildman–Crippen MR) is 60.4 cm³/mol. The lowest BCUT2D eigenvalue weighted by molar-refractivity contribution is 0.174. The third kappa shape index (κ3) is 1.37. The molecule has 2 aliphatic rings. The Kier molecular flexibility index (Phi) is 1.94. The summed E-state index contributed by atoms with van der Waals surface area (Å²) in [5, 5.41) is 0. The fourth-order valence-electron chi connectivity index (χ4n) is 2.16. The summed E-state index contributed by atoms with van der Waals surface area (Å²) in [7, 11) is 0. The van der Waals surface area contributed by atoms with Crippen LogP contribution in [0.3, 0.4) is 0 Å². The molecule has 1 aliphatic heterocycles. The van der Waals surface area contributed by atoms with Crippen LogP contribution >= 0.6 is 0 Å². The Morgan fingerprint density at radius 1 is 1.25 bits per heavy atom. The molecule has 4 nitrogen and oxygen atoms in total. The van der Waals surface area contributed by atoms with Crippen molar-refractivity contribution < 1.29 is 9.47 Å². The molecular formula is C12H16N2O2. The highest BCUT2D eigenvalue weighted by molar-refractivity contribution is 5.50. The van der Waals surface area contributed by atoms with Gasteiger partial charge in [-0.2, -0.15) is 0 Å². The van der Waals surface area contributed by atoms with E-state index in [9.17, 15) is 0 Å². The van der Waals surface area contributed by atoms with Crippen molar-refractivity contribution in [1.82, 2.24) is 0 Å². The number of hydrogen-bond donors (Lipinski definition) is 2. The lowest BCUT2D eigenvalue weighted by Gasteiger charge is -2.21. The minimum absolute atomic E-state index is 0.109. The van der Waals surface area contributed by atoms with Crippen LogP contribution in [0.5, 0.6) is 11.5 Å². The van der Waals surface area contributed by atoms with Gasteiger partial charge in [0, 0.05) is 11.6 Å². The van der Waals surface area contributed by atoms with E-state index in [0.29, 0.717) is 6.79 Å². The molecule has 86 valence electrons. The number of ether oxygens (including phenoxy) is 2. The summed E-state index contributed by atoms with van der Waals surface area (Å²) in [5.74, 6) is 1.58. The summed E-state index contributed by atoms with van der Waals surface area (Å²) in [6.07, 6.45) is 2.00. The molecule has 0 saturated heterocycles. The zero-order valence-corrected chi connectivity index (χ0v) is 9.32. The summed E-state index contributed by atoms with van der Waals surface area (Å²) in [6, 6.07) is 3.83. The fraction of sp³-hybridized carbons (Fsp3) is 0.500. The normalized spacial score (nSPS) is 21.9. The van der Waals surface area contributed by atoms with Gasteiger partial charge in [0.1, 0.15) is 0 Å². The summed E-state index contributed by atoms with van der Waals surface area (Å²) in [4.78, 5) is 0. The van der Waals surface area contributed by atoms with Gasteiger partial charge in [-0.15, -0.1) is 0 Å². The number of nitrogens with two attached hydrogens (primary N) is 2. The van der Waals surface area contributed by atoms with Gasteiger partial charge in [0.15, 0.2) is 11.5 Å². The van der Waals surface area contributed by atoms with E-state index < -0.39 is 0 Å². The topological polar surface area (TPSA) is 70.5 Å². The van der Waals surface area contributed by atoms with Crippen LogP contribution in [-0.4, -0.2) is 12.3 Å². The van der Waals surface area contributed by atoms with E-state index in [1.807, 2.05) is 19.1 Å². The average Bonchev–Trinajstić information content (AvgIpc) is 2.85. The molecule has 1 atom stereocenters. The third-order valence-corrected chi connectivity index (χ3v) is 3.54. The van der Waals surface area contributed by atoms with Gasteiger partial charge in [-0.1, -0.05) is 0 Å². The summed E-state index contributed by atoms with van der Waals surface area (Å²) in [5.41, 5.74) is 14.3. The molecule has 1 fully saturated rings. The smallest absolute Gasteiger partial charge is 0.231 e. The SMILES string of the molecule is Cc1cc2c(cc1C(N)C1(N)CC1)OCO2. The van der Waals surface area contributed by atoms with Crippen LogP contribution in [0.1, 0.15) is 30.0 Å². The van der Waals surface area contributed by atoms with Gasteiger partial charge in [-0.25, -0.2) is 0 Å². The van der Waals surface area contributed by atoms with E-state index in [4.69, 9.17) is 20.9 Å². The molecule has 1 aromatic rings. The highest BCUT2D eigenvalue weighted by atomic mass is 16.7. The van der Waals surface area contributed by atoms with Crippen molar-refractivity contribution in [2.24, 2.45) is 11.5 Å². The Labute approximate surface area is 94.5 Å². The number of hydrogen-bond acceptors (Lipinski definition) is 4. The maximum atomic E-state index is 6.21. The van der Waals surface area contributed by atoms with Crippen LogP contribution in [0, 0.1) is 6.92 Å². The number of fused-ring (bicyclic) bond motifs is 1. The highest BCUT2D eigenvalue weighted by Gasteiger charge is 2.45. The predicted octanol–water partition coefficient (Wildman–Crippen LogP) is 1.21. The Bertz CT molecular complexity index is 441. The molecule has 4 N–H and O–H groups in total. The molecule has 1 aliphatic carbocycles. The van der Waals surface area contributed by atoms with Gasteiger partial charge >= 0.3 is 0 Å². The lowest BCUT2D eigenvalue weighted by Crippen LogP contribution is -2.36. The first-order valence-electron chi connectivity index (χ1n) is 5.55. The van der Waals surface area contributed by atoms with Gasteiger partial charge in [0.2, 0.25) is 6.79 Å². The van der Waals surface area contributed by atoms with Gasteiger partial charge < -0.3 is 20.9 Å². The Morgan fingerprint density at radius 3 is 2.50 bits per heavy atom. The standard InChI is InChI=1S/C12H16N2O2/c1-7-4-9-10(16-6-15-9)5-8(7)11(13)12(14)2-3-12/h4-5,11H,2-3,6,13-14H2,1H3. The quantitative estimate of drug-likeness (QED) is 0.786. The number of aryl methyl sites for hydroxylation is 1. The lowest BCUT2D eigenvalue weighted by atomic mass is 9.94. The average molecular weight is 220 g/mol. The Hall–Kier alpha value is -1.26. The molecule has 0 radical (unpaired) electrons. The molecule has 1 heterocycles. The van der Waals surface area contributed by atoms with Crippen molar-refractivity contribution in [3.63, 3.8) is 0 Å². The van der Waals surface area contributed by atoms with Gasteiger partial charge in [-0.05, 0) is 43.0 Å². The van der Waals surface area contributed by atoms with E-state index in [1.54, 1.807) is 0 Å². The fourth-order valence-corrected chi connectivity index (χ4v) is 2.16. The molecule has 3 rings (SSSR count). The van der Waals surface area contributed by atoms with Crippen LogP contribution < -0.4 is 20.9 Å². The van der Waals surface area contributed by atoms with E-state index in [0.717, 1.165) is 35.5 Å². The van der Waals surface area contributed by atoms with Crippen molar-refractivity contribution in [1.29, 1.82) is 0 Å². The Balaban J connectivity index is 2.01. The van der Waals surface area contributed by atoms with Crippen molar-refractivity contribution in [2.75, 3.05) is 6.79 Å². The van der Waals surface area contributed by atoms with Crippen LogP contribution in [0.4, 0.5) is 0 Å². The van der Waals surface area contributed by atoms with E-state index >= 15 is 0 Å².